The first-order chi connectivity index (χ1) is 14.6. The summed E-state index contributed by atoms with van der Waals surface area (Å²) in [7, 11) is 0. The van der Waals surface area contributed by atoms with Crippen molar-refractivity contribution in [1.29, 1.82) is 0 Å². The Morgan fingerprint density at radius 1 is 1.03 bits per heavy atom. The maximum Gasteiger partial charge on any atom is 0.221 e. The first-order valence-corrected chi connectivity index (χ1v) is 10.00. The second-order valence-corrected chi connectivity index (χ2v) is 7.25. The molecule has 1 heterocycles. The van der Waals surface area contributed by atoms with Crippen LogP contribution in [-0.2, 0) is 4.79 Å². The lowest BCUT2D eigenvalue weighted by Gasteiger charge is -2.12. The van der Waals surface area contributed by atoms with Crippen LogP contribution in [-0.4, -0.2) is 35.7 Å². The zero-order chi connectivity index (χ0) is 20.9. The number of carbonyl (C=O) groups excluding carboxylic acids is 1. The van der Waals surface area contributed by atoms with Crippen LogP contribution in [0, 0.1) is 0 Å². The minimum absolute atomic E-state index is 0.0882. The number of aliphatic hydroxyl groups is 1. The summed E-state index contributed by atoms with van der Waals surface area (Å²) in [5, 5.41) is 18.3. The fourth-order valence-corrected chi connectivity index (χ4v) is 3.53. The number of hydrogen-bond donors (Lipinski definition) is 4. The molecule has 4 aromatic rings. The molecule has 0 fully saturated rings. The van der Waals surface area contributed by atoms with Crippen molar-refractivity contribution in [3.8, 4) is 5.75 Å². The number of carbonyl (C=O) groups is 1. The van der Waals surface area contributed by atoms with E-state index in [1.54, 1.807) is 0 Å². The monoisotopic (exact) mass is 403 g/mol. The summed E-state index contributed by atoms with van der Waals surface area (Å²) in [4.78, 5) is 14.7. The first kappa shape index (κ1) is 19.9. The number of hydrogen-bond acceptors (Lipinski definition) is 4. The number of nitrogens with one attached hydrogen (secondary N) is 3. The summed E-state index contributed by atoms with van der Waals surface area (Å²) in [6.45, 7) is 3.11. The van der Waals surface area contributed by atoms with Crippen molar-refractivity contribution in [2.75, 3.05) is 25.0 Å². The summed E-state index contributed by atoms with van der Waals surface area (Å²) in [6.07, 6.45) is -0.531. The SMILES string of the molecule is CC(=O)Nc1ccc2[nH]c3cc(OCCNCC(O)c4ccccc4)ccc3c2c1. The molecule has 3 aromatic carbocycles. The zero-order valence-corrected chi connectivity index (χ0v) is 16.8. The van der Waals surface area contributed by atoms with E-state index in [0.717, 1.165) is 38.8 Å². The number of anilines is 1. The Morgan fingerprint density at radius 3 is 2.67 bits per heavy atom. The Labute approximate surface area is 174 Å². The molecule has 0 saturated heterocycles. The van der Waals surface area contributed by atoms with Gasteiger partial charge in [0.1, 0.15) is 12.4 Å². The third-order valence-corrected chi connectivity index (χ3v) is 4.96. The molecule has 0 aliphatic carbocycles. The lowest BCUT2D eigenvalue weighted by Crippen LogP contribution is -2.26. The Hall–Kier alpha value is -3.35. The highest BCUT2D eigenvalue weighted by Crippen LogP contribution is 2.30. The Bertz CT molecular complexity index is 1150. The van der Waals surface area contributed by atoms with Gasteiger partial charge in [-0.05, 0) is 35.9 Å². The molecule has 1 amide bonds. The normalized spacial score (nSPS) is 12.2. The minimum atomic E-state index is -0.531. The molecule has 0 spiro atoms. The van der Waals surface area contributed by atoms with Crippen LogP contribution in [0.4, 0.5) is 5.69 Å². The highest BCUT2D eigenvalue weighted by molar-refractivity contribution is 6.09. The van der Waals surface area contributed by atoms with E-state index in [9.17, 15) is 9.90 Å². The molecule has 0 aliphatic heterocycles. The minimum Gasteiger partial charge on any atom is -0.492 e. The largest absolute Gasteiger partial charge is 0.492 e. The van der Waals surface area contributed by atoms with Gasteiger partial charge in [-0.1, -0.05) is 30.3 Å². The molecule has 0 radical (unpaired) electrons. The number of aromatic amines is 1. The molecule has 1 atom stereocenters. The van der Waals surface area contributed by atoms with Gasteiger partial charge in [0.05, 0.1) is 11.6 Å². The number of ether oxygens (including phenoxy) is 1. The molecule has 6 nitrogen and oxygen atoms in total. The highest BCUT2D eigenvalue weighted by atomic mass is 16.5. The highest BCUT2D eigenvalue weighted by Gasteiger charge is 2.08. The van der Waals surface area contributed by atoms with Crippen LogP contribution < -0.4 is 15.4 Å². The summed E-state index contributed by atoms with van der Waals surface area (Å²) >= 11 is 0. The molecule has 0 aliphatic rings. The molecule has 154 valence electrons. The standard InChI is InChI=1S/C24H25N3O3/c1-16(28)26-18-7-10-22-21(13-18)20-9-8-19(14-23(20)27-22)30-12-11-25-15-24(29)17-5-3-2-4-6-17/h2-10,13-14,24-25,27,29H,11-12,15H2,1H3,(H,26,28). The average molecular weight is 403 g/mol. The smallest absolute Gasteiger partial charge is 0.221 e. The molecule has 4 N–H and O–H groups in total. The van der Waals surface area contributed by atoms with Crippen molar-refractivity contribution in [2.24, 2.45) is 0 Å². The van der Waals surface area contributed by atoms with Gasteiger partial charge < -0.3 is 25.5 Å². The van der Waals surface area contributed by atoms with Crippen molar-refractivity contribution in [3.63, 3.8) is 0 Å². The molecule has 0 bridgehead atoms. The quantitative estimate of drug-likeness (QED) is 0.335. The van der Waals surface area contributed by atoms with Gasteiger partial charge in [-0.3, -0.25) is 4.79 Å². The van der Waals surface area contributed by atoms with E-state index in [1.165, 1.54) is 6.92 Å². The van der Waals surface area contributed by atoms with Crippen LogP contribution in [0.3, 0.4) is 0 Å². The summed E-state index contributed by atoms with van der Waals surface area (Å²) in [5.41, 5.74) is 3.67. The topological polar surface area (TPSA) is 86.4 Å². The van der Waals surface area contributed by atoms with Crippen LogP contribution in [0.25, 0.3) is 21.8 Å². The van der Waals surface area contributed by atoms with Crippen molar-refractivity contribution in [1.82, 2.24) is 10.3 Å². The summed E-state index contributed by atoms with van der Waals surface area (Å²) in [6, 6.07) is 21.4. The number of rotatable bonds is 8. The van der Waals surface area contributed by atoms with E-state index in [1.807, 2.05) is 66.7 Å². The van der Waals surface area contributed by atoms with E-state index in [0.29, 0.717) is 19.7 Å². The van der Waals surface area contributed by atoms with Gasteiger partial charge in [0.2, 0.25) is 5.91 Å². The fraction of sp³-hybridized carbons (Fsp3) is 0.208. The van der Waals surface area contributed by atoms with Crippen LogP contribution in [0.1, 0.15) is 18.6 Å². The first-order valence-electron chi connectivity index (χ1n) is 10.00. The van der Waals surface area contributed by atoms with E-state index in [4.69, 9.17) is 4.74 Å². The van der Waals surface area contributed by atoms with E-state index in [2.05, 4.69) is 15.6 Å². The molecule has 4 rings (SSSR count). The number of amides is 1. The van der Waals surface area contributed by atoms with Crippen LogP contribution >= 0.6 is 0 Å². The van der Waals surface area contributed by atoms with Gasteiger partial charge in [0.25, 0.3) is 0 Å². The zero-order valence-electron chi connectivity index (χ0n) is 16.8. The third-order valence-electron chi connectivity index (χ3n) is 4.96. The third kappa shape index (κ3) is 4.62. The molecule has 6 heteroatoms. The average Bonchev–Trinajstić information content (AvgIpc) is 3.10. The lowest BCUT2D eigenvalue weighted by atomic mass is 10.1. The predicted molar refractivity (Wildman–Crippen MR) is 120 cm³/mol. The summed E-state index contributed by atoms with van der Waals surface area (Å²) < 4.78 is 5.85. The second-order valence-electron chi connectivity index (χ2n) is 7.25. The Morgan fingerprint density at radius 2 is 1.87 bits per heavy atom. The van der Waals surface area contributed by atoms with Crippen molar-refractivity contribution in [2.45, 2.75) is 13.0 Å². The number of H-pyrrole nitrogens is 1. The van der Waals surface area contributed by atoms with Crippen molar-refractivity contribution < 1.29 is 14.6 Å². The maximum absolute atomic E-state index is 11.3. The van der Waals surface area contributed by atoms with Crippen LogP contribution in [0.5, 0.6) is 5.75 Å². The predicted octanol–water partition coefficient (Wildman–Crippen LogP) is 3.98. The summed E-state index contributed by atoms with van der Waals surface area (Å²) in [5.74, 6) is 0.691. The van der Waals surface area contributed by atoms with Gasteiger partial charge in [-0.15, -0.1) is 0 Å². The molecule has 0 saturated carbocycles. The van der Waals surface area contributed by atoms with Gasteiger partial charge in [0.15, 0.2) is 0 Å². The maximum atomic E-state index is 11.3. The Kier molecular flexibility index (Phi) is 5.97. The molecule has 30 heavy (non-hydrogen) atoms. The van der Waals surface area contributed by atoms with E-state index in [-0.39, 0.29) is 5.91 Å². The van der Waals surface area contributed by atoms with Gasteiger partial charge >= 0.3 is 0 Å². The fourth-order valence-electron chi connectivity index (χ4n) is 3.53. The number of aliphatic hydroxyl groups excluding tert-OH is 1. The van der Waals surface area contributed by atoms with Gasteiger partial charge in [-0.25, -0.2) is 0 Å². The van der Waals surface area contributed by atoms with Crippen LogP contribution in [0.2, 0.25) is 0 Å². The van der Waals surface area contributed by atoms with E-state index >= 15 is 0 Å². The number of fused-ring (bicyclic) bond motifs is 3. The lowest BCUT2D eigenvalue weighted by molar-refractivity contribution is -0.114. The van der Waals surface area contributed by atoms with Gasteiger partial charge in [0, 0.05) is 48.1 Å². The Balaban J connectivity index is 1.34. The van der Waals surface area contributed by atoms with Crippen molar-refractivity contribution >= 4 is 33.4 Å². The second kappa shape index (κ2) is 8.98. The molecular weight excluding hydrogens is 378 g/mol. The van der Waals surface area contributed by atoms with E-state index < -0.39 is 6.10 Å². The molecule has 1 aromatic heterocycles. The van der Waals surface area contributed by atoms with Crippen LogP contribution in [0.15, 0.2) is 66.7 Å². The van der Waals surface area contributed by atoms with Crippen molar-refractivity contribution in [3.05, 3.63) is 72.3 Å². The van der Waals surface area contributed by atoms with Gasteiger partial charge in [-0.2, -0.15) is 0 Å². The molecular formula is C24H25N3O3. The number of benzene rings is 3. The number of aromatic nitrogens is 1. The molecule has 1 unspecified atom stereocenters.